The van der Waals surface area contributed by atoms with Gasteiger partial charge >= 0.3 is 0 Å². The van der Waals surface area contributed by atoms with Gasteiger partial charge in [-0.1, -0.05) is 13.8 Å². The summed E-state index contributed by atoms with van der Waals surface area (Å²) in [5.41, 5.74) is 0. The highest BCUT2D eigenvalue weighted by Crippen LogP contribution is 2.17. The Hall–Kier alpha value is -0.120. The summed E-state index contributed by atoms with van der Waals surface area (Å²) in [7, 11) is 0. The average Bonchev–Trinajstić information content (AvgIpc) is 2.93. The van der Waals surface area contributed by atoms with E-state index in [1.54, 1.807) is 0 Å². The van der Waals surface area contributed by atoms with Gasteiger partial charge in [-0.25, -0.2) is 0 Å². The SMILES string of the molecule is CC(C)CNCC1CCN(CCCN2CCCC2)CC1. The molecule has 0 aromatic carbocycles. The maximum Gasteiger partial charge on any atom is -0.000654 e. The van der Waals surface area contributed by atoms with Crippen LogP contribution in [0, 0.1) is 11.8 Å². The van der Waals surface area contributed by atoms with Gasteiger partial charge in [0.25, 0.3) is 0 Å². The summed E-state index contributed by atoms with van der Waals surface area (Å²) >= 11 is 0. The topological polar surface area (TPSA) is 18.5 Å². The van der Waals surface area contributed by atoms with Crippen LogP contribution in [0.2, 0.25) is 0 Å². The van der Waals surface area contributed by atoms with Gasteiger partial charge in [0.15, 0.2) is 0 Å². The van der Waals surface area contributed by atoms with Gasteiger partial charge in [-0.05, 0) is 96.3 Å². The minimum absolute atomic E-state index is 0.778. The summed E-state index contributed by atoms with van der Waals surface area (Å²) in [6.07, 6.45) is 7.02. The maximum atomic E-state index is 3.62. The Morgan fingerprint density at radius 2 is 1.55 bits per heavy atom. The summed E-state index contributed by atoms with van der Waals surface area (Å²) in [5, 5.41) is 3.62. The Balaban J connectivity index is 1.48. The van der Waals surface area contributed by atoms with E-state index in [1.165, 1.54) is 84.5 Å². The smallest absolute Gasteiger partial charge is 0.000654 e. The molecule has 2 fully saturated rings. The van der Waals surface area contributed by atoms with E-state index in [0.717, 1.165) is 11.8 Å². The minimum Gasteiger partial charge on any atom is -0.316 e. The molecule has 3 nitrogen and oxygen atoms in total. The Kier molecular flexibility index (Phi) is 7.32. The lowest BCUT2D eigenvalue weighted by molar-refractivity contribution is 0.173. The molecule has 2 rings (SSSR count). The van der Waals surface area contributed by atoms with Crippen LogP contribution in [-0.2, 0) is 0 Å². The zero-order chi connectivity index (χ0) is 14.2. The molecule has 0 aromatic rings. The van der Waals surface area contributed by atoms with Crippen molar-refractivity contribution in [2.24, 2.45) is 11.8 Å². The zero-order valence-electron chi connectivity index (χ0n) is 13.7. The summed E-state index contributed by atoms with van der Waals surface area (Å²) in [6.45, 7) is 15.0. The highest BCUT2D eigenvalue weighted by molar-refractivity contribution is 4.75. The summed E-state index contributed by atoms with van der Waals surface area (Å²) in [5.74, 6) is 1.70. The number of hydrogen-bond acceptors (Lipinski definition) is 3. The van der Waals surface area contributed by atoms with Gasteiger partial charge in [-0.2, -0.15) is 0 Å². The van der Waals surface area contributed by atoms with E-state index in [-0.39, 0.29) is 0 Å². The molecular formula is C17H35N3. The second-order valence-electron chi connectivity index (χ2n) is 7.24. The fourth-order valence-corrected chi connectivity index (χ4v) is 3.51. The molecule has 2 saturated heterocycles. The van der Waals surface area contributed by atoms with Gasteiger partial charge in [-0.15, -0.1) is 0 Å². The van der Waals surface area contributed by atoms with Gasteiger partial charge in [-0.3, -0.25) is 0 Å². The first kappa shape index (κ1) is 16.3. The highest BCUT2D eigenvalue weighted by Gasteiger charge is 2.19. The standard InChI is InChI=1S/C17H35N3/c1-16(2)14-18-15-17-6-12-20(13-7-17)11-5-10-19-8-3-4-9-19/h16-18H,3-15H2,1-2H3. The van der Waals surface area contributed by atoms with Crippen LogP contribution in [0.3, 0.4) is 0 Å². The second kappa shape index (κ2) is 9.01. The van der Waals surface area contributed by atoms with Gasteiger partial charge in [0.05, 0.1) is 0 Å². The molecule has 2 aliphatic heterocycles. The van der Waals surface area contributed by atoms with Crippen molar-refractivity contribution in [2.45, 2.75) is 46.0 Å². The van der Waals surface area contributed by atoms with E-state index in [0.29, 0.717) is 0 Å². The van der Waals surface area contributed by atoms with Crippen LogP contribution in [0.25, 0.3) is 0 Å². The molecule has 3 heteroatoms. The van der Waals surface area contributed by atoms with Crippen molar-refractivity contribution in [3.63, 3.8) is 0 Å². The van der Waals surface area contributed by atoms with E-state index in [1.807, 2.05) is 0 Å². The Morgan fingerprint density at radius 3 is 2.15 bits per heavy atom. The van der Waals surface area contributed by atoms with Gasteiger partial charge < -0.3 is 15.1 Å². The molecule has 2 heterocycles. The molecular weight excluding hydrogens is 246 g/mol. The van der Waals surface area contributed by atoms with Crippen LogP contribution in [0.5, 0.6) is 0 Å². The number of hydrogen-bond donors (Lipinski definition) is 1. The van der Waals surface area contributed by atoms with Crippen molar-refractivity contribution in [3.8, 4) is 0 Å². The lowest BCUT2D eigenvalue weighted by atomic mass is 9.96. The molecule has 1 N–H and O–H groups in total. The molecule has 20 heavy (non-hydrogen) atoms. The van der Waals surface area contributed by atoms with Crippen LogP contribution in [-0.4, -0.2) is 62.2 Å². The number of nitrogens with one attached hydrogen (secondary N) is 1. The van der Waals surface area contributed by atoms with Crippen molar-refractivity contribution in [1.82, 2.24) is 15.1 Å². The van der Waals surface area contributed by atoms with E-state index in [9.17, 15) is 0 Å². The van der Waals surface area contributed by atoms with E-state index < -0.39 is 0 Å². The summed E-state index contributed by atoms with van der Waals surface area (Å²) in [6, 6.07) is 0. The molecule has 0 aliphatic carbocycles. The Labute approximate surface area is 126 Å². The van der Waals surface area contributed by atoms with E-state index >= 15 is 0 Å². The van der Waals surface area contributed by atoms with Crippen molar-refractivity contribution in [1.29, 1.82) is 0 Å². The van der Waals surface area contributed by atoms with Crippen LogP contribution in [0.1, 0.15) is 46.0 Å². The van der Waals surface area contributed by atoms with Crippen LogP contribution >= 0.6 is 0 Å². The van der Waals surface area contributed by atoms with Crippen LogP contribution in [0.4, 0.5) is 0 Å². The van der Waals surface area contributed by atoms with Crippen molar-refractivity contribution < 1.29 is 0 Å². The highest BCUT2D eigenvalue weighted by atomic mass is 15.2. The molecule has 0 aromatic heterocycles. The lowest BCUT2D eigenvalue weighted by Crippen LogP contribution is -2.39. The molecule has 0 saturated carbocycles. The molecule has 0 radical (unpaired) electrons. The van der Waals surface area contributed by atoms with Gasteiger partial charge in [0.1, 0.15) is 0 Å². The molecule has 0 amide bonds. The third-order valence-corrected chi connectivity index (χ3v) is 4.84. The van der Waals surface area contributed by atoms with E-state index in [2.05, 4.69) is 29.0 Å². The average molecular weight is 281 g/mol. The molecule has 0 spiro atoms. The predicted octanol–water partition coefficient (Wildman–Crippen LogP) is 2.43. The number of nitrogens with zero attached hydrogens (tertiary/aromatic N) is 2. The maximum absolute atomic E-state index is 3.62. The minimum atomic E-state index is 0.778. The first-order valence-electron chi connectivity index (χ1n) is 8.89. The number of likely N-dealkylation sites (tertiary alicyclic amines) is 2. The lowest BCUT2D eigenvalue weighted by Gasteiger charge is -2.32. The normalized spacial score (nSPS) is 22.9. The van der Waals surface area contributed by atoms with Crippen molar-refractivity contribution in [2.75, 3.05) is 52.4 Å². The molecule has 0 unspecified atom stereocenters. The van der Waals surface area contributed by atoms with Gasteiger partial charge in [0.2, 0.25) is 0 Å². The largest absolute Gasteiger partial charge is 0.316 e. The van der Waals surface area contributed by atoms with Crippen LogP contribution in [0.15, 0.2) is 0 Å². The zero-order valence-corrected chi connectivity index (χ0v) is 13.7. The fourth-order valence-electron chi connectivity index (χ4n) is 3.51. The third-order valence-electron chi connectivity index (χ3n) is 4.84. The van der Waals surface area contributed by atoms with E-state index in [4.69, 9.17) is 0 Å². The molecule has 0 bridgehead atoms. The molecule has 2 aliphatic rings. The fraction of sp³-hybridized carbons (Fsp3) is 1.00. The summed E-state index contributed by atoms with van der Waals surface area (Å²) < 4.78 is 0. The Morgan fingerprint density at radius 1 is 0.950 bits per heavy atom. The third kappa shape index (κ3) is 6.11. The Bertz CT molecular complexity index is 241. The monoisotopic (exact) mass is 281 g/mol. The van der Waals surface area contributed by atoms with Crippen molar-refractivity contribution in [3.05, 3.63) is 0 Å². The number of rotatable bonds is 8. The van der Waals surface area contributed by atoms with Crippen LogP contribution < -0.4 is 5.32 Å². The second-order valence-corrected chi connectivity index (χ2v) is 7.24. The molecule has 118 valence electrons. The first-order chi connectivity index (χ1) is 9.74. The van der Waals surface area contributed by atoms with Crippen molar-refractivity contribution >= 4 is 0 Å². The summed E-state index contributed by atoms with van der Waals surface area (Å²) in [4.78, 5) is 5.33. The predicted molar refractivity (Wildman–Crippen MR) is 87.2 cm³/mol. The number of piperidine rings is 1. The first-order valence-corrected chi connectivity index (χ1v) is 8.89. The quantitative estimate of drug-likeness (QED) is 0.737. The molecule has 0 atom stereocenters. The van der Waals surface area contributed by atoms with Gasteiger partial charge in [0, 0.05) is 0 Å².